The fourth-order valence-electron chi connectivity index (χ4n) is 2.96. The largest absolute Gasteiger partial charge is 0.455 e. The highest BCUT2D eigenvalue weighted by Crippen LogP contribution is 2.27. The van der Waals surface area contributed by atoms with Crippen LogP contribution in [0.1, 0.15) is 24.8 Å². The predicted molar refractivity (Wildman–Crippen MR) is 85.9 cm³/mol. The van der Waals surface area contributed by atoms with Crippen molar-refractivity contribution in [3.63, 3.8) is 0 Å². The van der Waals surface area contributed by atoms with Crippen molar-refractivity contribution in [3.8, 4) is 11.5 Å². The molecule has 1 aliphatic heterocycles. The molecule has 22 heavy (non-hydrogen) atoms. The predicted octanol–water partition coefficient (Wildman–Crippen LogP) is 3.22. The zero-order valence-electron chi connectivity index (χ0n) is 12.7. The number of nitrogens with zero attached hydrogens (tertiary/aromatic N) is 2. The van der Waals surface area contributed by atoms with Gasteiger partial charge in [0.1, 0.15) is 11.5 Å². The van der Waals surface area contributed by atoms with Crippen LogP contribution >= 0.6 is 0 Å². The molecule has 2 aromatic rings. The lowest BCUT2D eigenvalue weighted by molar-refractivity contribution is 0.0836. The molecule has 1 aromatic carbocycles. The molecule has 1 aliphatic rings. The minimum absolute atomic E-state index is 0.228. The second-order valence-corrected chi connectivity index (χ2v) is 5.70. The van der Waals surface area contributed by atoms with Crippen LogP contribution < -0.4 is 4.74 Å². The zero-order chi connectivity index (χ0) is 15.2. The number of piperidine rings is 1. The number of rotatable bonds is 5. The summed E-state index contributed by atoms with van der Waals surface area (Å²) < 4.78 is 5.97. The summed E-state index contributed by atoms with van der Waals surface area (Å²) in [5, 5.41) is 9.56. The molecule has 0 unspecified atom stereocenters. The second-order valence-electron chi connectivity index (χ2n) is 5.70. The molecule has 0 aliphatic carbocycles. The number of aromatic nitrogens is 1. The van der Waals surface area contributed by atoms with E-state index in [-0.39, 0.29) is 12.6 Å². The summed E-state index contributed by atoms with van der Waals surface area (Å²) in [6, 6.07) is 12.1. The van der Waals surface area contributed by atoms with Crippen LogP contribution in [0.3, 0.4) is 0 Å². The van der Waals surface area contributed by atoms with E-state index in [4.69, 9.17) is 4.74 Å². The van der Waals surface area contributed by atoms with E-state index in [0.29, 0.717) is 0 Å². The van der Waals surface area contributed by atoms with E-state index >= 15 is 0 Å². The topological polar surface area (TPSA) is 45.6 Å². The summed E-state index contributed by atoms with van der Waals surface area (Å²) in [5.41, 5.74) is 1.15. The minimum atomic E-state index is 0.228. The molecule has 1 N–H and O–H groups in total. The molecule has 1 aromatic heterocycles. The third-order valence-corrected chi connectivity index (χ3v) is 4.17. The number of pyridine rings is 1. The molecular weight excluding hydrogens is 276 g/mol. The van der Waals surface area contributed by atoms with Gasteiger partial charge in [-0.3, -0.25) is 9.88 Å². The van der Waals surface area contributed by atoms with Crippen molar-refractivity contribution in [1.29, 1.82) is 0 Å². The summed E-state index contributed by atoms with van der Waals surface area (Å²) in [4.78, 5) is 6.44. The van der Waals surface area contributed by atoms with Crippen molar-refractivity contribution in [2.45, 2.75) is 31.8 Å². The van der Waals surface area contributed by atoms with Crippen LogP contribution in [0.2, 0.25) is 0 Å². The average Bonchev–Trinajstić information content (AvgIpc) is 2.58. The normalized spacial score (nSPS) is 19.0. The number of para-hydroxylation sites is 1. The highest BCUT2D eigenvalue weighted by Gasteiger charge is 2.22. The molecule has 1 fully saturated rings. The van der Waals surface area contributed by atoms with Gasteiger partial charge < -0.3 is 9.84 Å². The van der Waals surface area contributed by atoms with E-state index in [0.717, 1.165) is 36.6 Å². The highest BCUT2D eigenvalue weighted by atomic mass is 16.5. The Labute approximate surface area is 131 Å². The number of hydrogen-bond acceptors (Lipinski definition) is 4. The maximum atomic E-state index is 9.56. The van der Waals surface area contributed by atoms with Crippen molar-refractivity contribution >= 4 is 0 Å². The summed E-state index contributed by atoms with van der Waals surface area (Å²) in [5.74, 6) is 1.60. The van der Waals surface area contributed by atoms with Gasteiger partial charge in [0.15, 0.2) is 0 Å². The summed E-state index contributed by atoms with van der Waals surface area (Å²) in [7, 11) is 0. The van der Waals surface area contributed by atoms with Gasteiger partial charge in [0.05, 0.1) is 12.8 Å². The molecule has 0 saturated carbocycles. The first kappa shape index (κ1) is 15.0. The molecule has 3 rings (SSSR count). The molecule has 0 radical (unpaired) electrons. The standard InChI is InChI=1S/C18H22N2O2/c21-14-16-7-3-4-11-20(16)13-15-6-1-2-9-18(15)22-17-8-5-10-19-12-17/h1-2,5-6,8-10,12,16,21H,3-4,7,11,13-14H2/t16-/m1/s1. The van der Waals surface area contributed by atoms with Crippen molar-refractivity contribution in [2.24, 2.45) is 0 Å². The van der Waals surface area contributed by atoms with Gasteiger partial charge in [-0.05, 0) is 37.6 Å². The van der Waals surface area contributed by atoms with Crippen molar-refractivity contribution in [1.82, 2.24) is 9.88 Å². The third-order valence-electron chi connectivity index (χ3n) is 4.17. The number of aliphatic hydroxyl groups is 1. The maximum absolute atomic E-state index is 9.56. The van der Waals surface area contributed by atoms with Crippen LogP contribution in [-0.4, -0.2) is 34.2 Å². The van der Waals surface area contributed by atoms with E-state index in [9.17, 15) is 5.11 Å². The van der Waals surface area contributed by atoms with Crippen molar-refractivity contribution in [3.05, 3.63) is 54.4 Å². The van der Waals surface area contributed by atoms with E-state index < -0.39 is 0 Å². The Balaban J connectivity index is 1.76. The fraction of sp³-hybridized carbons (Fsp3) is 0.389. The Kier molecular flexibility index (Phi) is 5.03. The highest BCUT2D eigenvalue weighted by molar-refractivity contribution is 5.37. The SMILES string of the molecule is OC[C@H]1CCCCN1Cc1ccccc1Oc1cccnc1. The molecular formula is C18H22N2O2. The number of hydrogen-bond donors (Lipinski definition) is 1. The maximum Gasteiger partial charge on any atom is 0.145 e. The Morgan fingerprint density at radius 1 is 1.18 bits per heavy atom. The molecule has 0 bridgehead atoms. The Morgan fingerprint density at radius 2 is 2.09 bits per heavy atom. The Bertz CT molecular complexity index is 589. The van der Waals surface area contributed by atoms with Gasteiger partial charge in [0, 0.05) is 24.3 Å². The summed E-state index contributed by atoms with van der Waals surface area (Å²) in [6.45, 7) is 2.07. The Morgan fingerprint density at radius 3 is 2.91 bits per heavy atom. The van der Waals surface area contributed by atoms with Crippen LogP contribution in [0.15, 0.2) is 48.8 Å². The van der Waals surface area contributed by atoms with Gasteiger partial charge >= 0.3 is 0 Å². The Hall–Kier alpha value is -1.91. The van der Waals surface area contributed by atoms with Crippen molar-refractivity contribution < 1.29 is 9.84 Å². The minimum Gasteiger partial charge on any atom is -0.455 e. The van der Waals surface area contributed by atoms with Crippen LogP contribution in [0.5, 0.6) is 11.5 Å². The first-order valence-electron chi connectivity index (χ1n) is 7.87. The third kappa shape index (κ3) is 3.64. The van der Waals surface area contributed by atoms with Crippen LogP contribution in [0.25, 0.3) is 0 Å². The monoisotopic (exact) mass is 298 g/mol. The number of benzene rings is 1. The first-order valence-corrected chi connectivity index (χ1v) is 7.87. The molecule has 1 atom stereocenters. The van der Waals surface area contributed by atoms with E-state index in [1.54, 1.807) is 12.4 Å². The second kappa shape index (κ2) is 7.38. The molecule has 1 saturated heterocycles. The van der Waals surface area contributed by atoms with Gasteiger partial charge in [-0.2, -0.15) is 0 Å². The van der Waals surface area contributed by atoms with E-state index in [1.165, 1.54) is 12.8 Å². The lowest BCUT2D eigenvalue weighted by Gasteiger charge is -2.34. The summed E-state index contributed by atoms with van der Waals surface area (Å²) >= 11 is 0. The molecule has 2 heterocycles. The van der Waals surface area contributed by atoms with Gasteiger partial charge in [0.25, 0.3) is 0 Å². The fourth-order valence-corrected chi connectivity index (χ4v) is 2.96. The lowest BCUT2D eigenvalue weighted by atomic mass is 10.0. The van der Waals surface area contributed by atoms with Crippen molar-refractivity contribution in [2.75, 3.05) is 13.2 Å². The van der Waals surface area contributed by atoms with Gasteiger partial charge in [-0.1, -0.05) is 24.6 Å². The number of likely N-dealkylation sites (tertiary alicyclic amines) is 1. The number of aliphatic hydroxyl groups excluding tert-OH is 1. The smallest absolute Gasteiger partial charge is 0.145 e. The zero-order valence-corrected chi connectivity index (χ0v) is 12.7. The van der Waals surface area contributed by atoms with Crippen LogP contribution in [-0.2, 0) is 6.54 Å². The van der Waals surface area contributed by atoms with E-state index in [1.807, 2.05) is 30.3 Å². The van der Waals surface area contributed by atoms with Gasteiger partial charge in [0.2, 0.25) is 0 Å². The molecule has 116 valence electrons. The van der Waals surface area contributed by atoms with Crippen LogP contribution in [0, 0.1) is 0 Å². The molecule has 4 heteroatoms. The molecule has 0 amide bonds. The number of ether oxygens (including phenoxy) is 1. The van der Waals surface area contributed by atoms with Gasteiger partial charge in [-0.25, -0.2) is 0 Å². The molecule has 0 spiro atoms. The summed E-state index contributed by atoms with van der Waals surface area (Å²) in [6.07, 6.45) is 6.92. The van der Waals surface area contributed by atoms with Gasteiger partial charge in [-0.15, -0.1) is 0 Å². The quantitative estimate of drug-likeness (QED) is 0.920. The average molecular weight is 298 g/mol. The molecule has 4 nitrogen and oxygen atoms in total. The van der Waals surface area contributed by atoms with E-state index in [2.05, 4.69) is 16.0 Å². The lowest BCUT2D eigenvalue weighted by Crippen LogP contribution is -2.41. The first-order chi connectivity index (χ1) is 10.9. The van der Waals surface area contributed by atoms with Crippen LogP contribution in [0.4, 0.5) is 0 Å².